The van der Waals surface area contributed by atoms with E-state index in [2.05, 4.69) is 26.3 Å². The van der Waals surface area contributed by atoms with Crippen molar-refractivity contribution in [3.05, 3.63) is 113 Å². The van der Waals surface area contributed by atoms with Crippen LogP contribution in [0.2, 0.25) is 0 Å². The fraction of sp³-hybridized carbons (Fsp3) is 0.219. The van der Waals surface area contributed by atoms with Gasteiger partial charge in [0, 0.05) is 53.8 Å². The normalized spacial score (nSPS) is 15.6. The van der Waals surface area contributed by atoms with E-state index in [9.17, 15) is 9.59 Å². The smallest absolute Gasteiger partial charge is 0.255 e. The number of benzene rings is 3. The van der Waals surface area contributed by atoms with Gasteiger partial charge in [-0.25, -0.2) is 4.98 Å². The highest BCUT2D eigenvalue weighted by Gasteiger charge is 2.18. The summed E-state index contributed by atoms with van der Waals surface area (Å²) in [5, 5.41) is 4.43. The number of piperidine rings is 1. The Labute approximate surface area is 237 Å². The van der Waals surface area contributed by atoms with E-state index in [0.717, 1.165) is 54.8 Å². The Morgan fingerprint density at radius 2 is 2.00 bits per heavy atom. The van der Waals surface area contributed by atoms with Crippen molar-refractivity contribution in [2.24, 2.45) is 5.73 Å². The summed E-state index contributed by atoms with van der Waals surface area (Å²) in [4.78, 5) is 34.8. The van der Waals surface area contributed by atoms with Crippen LogP contribution in [0.3, 0.4) is 0 Å². The lowest BCUT2D eigenvalue weighted by molar-refractivity contribution is 0.102. The van der Waals surface area contributed by atoms with Crippen LogP contribution in [-0.4, -0.2) is 44.5 Å². The van der Waals surface area contributed by atoms with Crippen LogP contribution in [0.5, 0.6) is 11.5 Å². The fourth-order valence-electron chi connectivity index (χ4n) is 5.32. The maximum absolute atomic E-state index is 13.4. The van der Waals surface area contributed by atoms with E-state index in [0.29, 0.717) is 28.1 Å². The van der Waals surface area contributed by atoms with Crippen molar-refractivity contribution in [2.75, 3.05) is 18.4 Å². The molecule has 5 aromatic rings. The third kappa shape index (κ3) is 6.21. The van der Waals surface area contributed by atoms with Crippen molar-refractivity contribution in [2.45, 2.75) is 32.4 Å². The Morgan fingerprint density at radius 3 is 2.83 bits per heavy atom. The summed E-state index contributed by atoms with van der Waals surface area (Å²) >= 11 is 0. The molecule has 1 aliphatic heterocycles. The van der Waals surface area contributed by atoms with Gasteiger partial charge in [-0.2, -0.15) is 0 Å². The topological polar surface area (TPSA) is 118 Å². The maximum atomic E-state index is 13.4. The molecule has 6 rings (SSSR count). The van der Waals surface area contributed by atoms with Gasteiger partial charge in [0.05, 0.1) is 12.0 Å². The predicted molar refractivity (Wildman–Crippen MR) is 160 cm³/mol. The zero-order valence-electron chi connectivity index (χ0n) is 22.8. The number of anilines is 1. The number of likely N-dealkylation sites (tertiary alicyclic amines) is 1. The number of aryl methyl sites for hydroxylation is 1. The van der Waals surface area contributed by atoms with E-state index in [1.54, 1.807) is 55.0 Å². The number of rotatable bonds is 7. The number of aromatic nitrogens is 3. The van der Waals surface area contributed by atoms with Crippen molar-refractivity contribution in [3.63, 3.8) is 0 Å². The number of pyridine rings is 1. The molecule has 0 aliphatic carbocycles. The molecule has 1 aliphatic rings. The number of imidazole rings is 1. The lowest BCUT2D eigenvalue weighted by Crippen LogP contribution is -2.42. The average Bonchev–Trinajstić information content (AvgIpc) is 3.39. The van der Waals surface area contributed by atoms with Gasteiger partial charge >= 0.3 is 0 Å². The van der Waals surface area contributed by atoms with Crippen LogP contribution in [0.4, 0.5) is 5.69 Å². The third-order valence-corrected chi connectivity index (χ3v) is 7.27. The highest BCUT2D eigenvalue weighted by molar-refractivity contribution is 6.04. The summed E-state index contributed by atoms with van der Waals surface area (Å²) in [6.45, 7) is 4.56. The van der Waals surface area contributed by atoms with Gasteiger partial charge in [-0.15, -0.1) is 0 Å². The minimum absolute atomic E-state index is 0.150. The van der Waals surface area contributed by atoms with Crippen molar-refractivity contribution < 1.29 is 9.53 Å². The number of hydrogen-bond donors (Lipinski definition) is 3. The van der Waals surface area contributed by atoms with Crippen molar-refractivity contribution in [3.8, 4) is 17.2 Å². The molecule has 4 N–H and O–H groups in total. The van der Waals surface area contributed by atoms with E-state index in [1.807, 2.05) is 35.9 Å². The van der Waals surface area contributed by atoms with E-state index >= 15 is 0 Å². The van der Waals surface area contributed by atoms with Crippen LogP contribution in [0.1, 0.15) is 34.5 Å². The molecular formula is C32H32N6O3. The zero-order valence-corrected chi connectivity index (χ0v) is 22.8. The van der Waals surface area contributed by atoms with Crippen molar-refractivity contribution in [1.82, 2.24) is 19.4 Å². The number of amides is 1. The zero-order chi connectivity index (χ0) is 28.3. The first-order valence-corrected chi connectivity index (χ1v) is 13.7. The summed E-state index contributed by atoms with van der Waals surface area (Å²) in [7, 11) is 0. The second-order valence-electron chi connectivity index (χ2n) is 10.6. The summed E-state index contributed by atoms with van der Waals surface area (Å²) in [6, 6.07) is 20.4. The number of fused-ring (bicyclic) bond motifs is 1. The molecule has 2 aromatic heterocycles. The largest absolute Gasteiger partial charge is 0.457 e. The van der Waals surface area contributed by atoms with Gasteiger partial charge < -0.3 is 25.3 Å². The Bertz CT molecular complexity index is 1780. The van der Waals surface area contributed by atoms with Crippen LogP contribution in [0.15, 0.2) is 90.2 Å². The number of carbonyl (C=O) groups excluding carboxylic acids is 1. The number of H-pyrrole nitrogens is 1. The monoisotopic (exact) mass is 548 g/mol. The summed E-state index contributed by atoms with van der Waals surface area (Å²) < 4.78 is 8.00. The van der Waals surface area contributed by atoms with Gasteiger partial charge in [0.2, 0.25) is 0 Å². The van der Waals surface area contributed by atoms with E-state index < -0.39 is 0 Å². The quantitative estimate of drug-likeness (QED) is 0.264. The van der Waals surface area contributed by atoms with Crippen LogP contribution in [-0.2, 0) is 6.54 Å². The standard InChI is InChI=1S/C32H32N6O3/c1-21-17-38(20-35-21)27-13-22(18-37-11-3-5-25(33)19-37)12-26(16-27)36-31(39)24-4-2-6-28(15-24)41-29-7-8-30-23(14-29)9-10-34-32(30)40/h2,4,6-10,12-17,20,25H,3,5,11,18-19,33H2,1H3,(H,34,40)(H,36,39). The lowest BCUT2D eigenvalue weighted by Gasteiger charge is -2.30. The molecular weight excluding hydrogens is 516 g/mol. The third-order valence-electron chi connectivity index (χ3n) is 7.27. The molecule has 0 radical (unpaired) electrons. The molecule has 1 unspecified atom stereocenters. The summed E-state index contributed by atoms with van der Waals surface area (Å²) in [5.41, 5.74) is 10.2. The summed E-state index contributed by atoms with van der Waals surface area (Å²) in [5.74, 6) is 0.850. The Morgan fingerprint density at radius 1 is 1.12 bits per heavy atom. The van der Waals surface area contributed by atoms with Crippen LogP contribution < -0.4 is 21.3 Å². The molecule has 1 amide bonds. The minimum Gasteiger partial charge on any atom is -0.457 e. The van der Waals surface area contributed by atoms with E-state index in [4.69, 9.17) is 10.5 Å². The van der Waals surface area contributed by atoms with Gasteiger partial charge in [0.1, 0.15) is 11.5 Å². The number of aromatic amines is 1. The first-order valence-electron chi connectivity index (χ1n) is 13.7. The Kier molecular flexibility index (Phi) is 7.37. The molecule has 9 heteroatoms. The SMILES string of the molecule is Cc1cn(-c2cc(CN3CCCC(N)C3)cc(NC(=O)c3cccc(Oc4ccc5c(=O)[nH]ccc5c4)c3)c2)cn1. The van der Waals surface area contributed by atoms with E-state index in [1.165, 1.54) is 0 Å². The van der Waals surface area contributed by atoms with Crippen LogP contribution in [0, 0.1) is 6.92 Å². The number of nitrogens with zero attached hydrogens (tertiary/aromatic N) is 3. The molecule has 3 aromatic carbocycles. The highest BCUT2D eigenvalue weighted by Crippen LogP contribution is 2.26. The van der Waals surface area contributed by atoms with Crippen LogP contribution >= 0.6 is 0 Å². The van der Waals surface area contributed by atoms with Gasteiger partial charge in [0.25, 0.3) is 11.5 Å². The number of nitrogens with two attached hydrogens (primary N) is 1. The molecule has 0 bridgehead atoms. The minimum atomic E-state index is -0.245. The predicted octanol–water partition coefficient (Wildman–Crippen LogP) is 4.99. The Hall–Kier alpha value is -4.73. The average molecular weight is 549 g/mol. The van der Waals surface area contributed by atoms with Crippen LogP contribution in [0.25, 0.3) is 16.5 Å². The Balaban J connectivity index is 1.23. The molecule has 1 saturated heterocycles. The number of hydrogen-bond acceptors (Lipinski definition) is 6. The molecule has 0 saturated carbocycles. The highest BCUT2D eigenvalue weighted by atomic mass is 16.5. The summed E-state index contributed by atoms with van der Waals surface area (Å²) in [6.07, 6.45) is 7.48. The van der Waals surface area contributed by atoms with Gasteiger partial charge in [-0.1, -0.05) is 6.07 Å². The second-order valence-corrected chi connectivity index (χ2v) is 10.6. The fourth-order valence-corrected chi connectivity index (χ4v) is 5.32. The van der Waals surface area contributed by atoms with Crippen molar-refractivity contribution >= 4 is 22.4 Å². The molecule has 9 nitrogen and oxygen atoms in total. The first kappa shape index (κ1) is 26.5. The molecule has 208 valence electrons. The molecule has 1 atom stereocenters. The van der Waals surface area contributed by atoms with Crippen molar-refractivity contribution in [1.29, 1.82) is 0 Å². The van der Waals surface area contributed by atoms with Gasteiger partial charge in [-0.3, -0.25) is 14.5 Å². The maximum Gasteiger partial charge on any atom is 0.255 e. The second kappa shape index (κ2) is 11.4. The number of carbonyl (C=O) groups is 1. The van der Waals surface area contributed by atoms with E-state index in [-0.39, 0.29) is 17.5 Å². The number of ether oxygens (including phenoxy) is 1. The first-order chi connectivity index (χ1) is 19.9. The lowest BCUT2D eigenvalue weighted by atomic mass is 10.1. The number of nitrogens with one attached hydrogen (secondary N) is 2. The molecule has 0 spiro atoms. The molecule has 41 heavy (non-hydrogen) atoms. The molecule has 1 fully saturated rings. The molecule has 3 heterocycles. The van der Waals surface area contributed by atoms with Gasteiger partial charge in [0.15, 0.2) is 0 Å². The van der Waals surface area contributed by atoms with Gasteiger partial charge in [-0.05, 0) is 97.9 Å².